The van der Waals surface area contributed by atoms with Crippen molar-refractivity contribution in [3.05, 3.63) is 39.6 Å². The summed E-state index contributed by atoms with van der Waals surface area (Å²) in [6.07, 6.45) is 0. The van der Waals surface area contributed by atoms with Gasteiger partial charge in [-0.3, -0.25) is 0 Å². The van der Waals surface area contributed by atoms with Crippen LogP contribution in [0.4, 0.5) is 5.82 Å². The number of hydrazine groups is 1. The van der Waals surface area contributed by atoms with Crippen molar-refractivity contribution in [1.29, 1.82) is 0 Å². The van der Waals surface area contributed by atoms with Crippen LogP contribution in [-0.2, 0) is 11.3 Å². The lowest BCUT2D eigenvalue weighted by atomic mass is 10.1. The molecule has 1 aromatic carbocycles. The number of halogens is 1. The highest BCUT2D eigenvalue weighted by atomic mass is 79.9. The van der Waals surface area contributed by atoms with E-state index < -0.39 is 0 Å². The summed E-state index contributed by atoms with van der Waals surface area (Å²) in [4.78, 5) is 8.46. The Morgan fingerprint density at radius 1 is 1.19 bits per heavy atom. The molecule has 0 atom stereocenters. The van der Waals surface area contributed by atoms with Crippen LogP contribution in [0.5, 0.6) is 11.6 Å². The molecule has 2 rings (SSSR count). The van der Waals surface area contributed by atoms with E-state index in [2.05, 4.69) is 31.3 Å². The van der Waals surface area contributed by atoms with Crippen molar-refractivity contribution in [2.24, 2.45) is 5.84 Å². The molecule has 0 spiro atoms. The van der Waals surface area contributed by atoms with Gasteiger partial charge in [-0.15, -0.1) is 0 Å². The minimum atomic E-state index is 0.282. The zero-order valence-corrected chi connectivity index (χ0v) is 13.7. The molecule has 21 heavy (non-hydrogen) atoms. The minimum Gasteiger partial charge on any atom is -0.439 e. The average molecular weight is 353 g/mol. The first-order valence-corrected chi connectivity index (χ1v) is 7.11. The normalized spacial score (nSPS) is 10.5. The quantitative estimate of drug-likeness (QED) is 0.635. The fourth-order valence-electron chi connectivity index (χ4n) is 1.88. The van der Waals surface area contributed by atoms with E-state index in [0.717, 1.165) is 15.6 Å². The summed E-state index contributed by atoms with van der Waals surface area (Å²) < 4.78 is 11.9. The van der Waals surface area contributed by atoms with Crippen molar-refractivity contribution in [1.82, 2.24) is 9.97 Å². The Labute approximate surface area is 131 Å². The van der Waals surface area contributed by atoms with Gasteiger partial charge >= 0.3 is 0 Å². The number of nitrogen functional groups attached to an aromatic ring is 1. The first kappa shape index (κ1) is 15.7. The highest BCUT2D eigenvalue weighted by Crippen LogP contribution is 2.29. The lowest BCUT2D eigenvalue weighted by molar-refractivity contribution is 0.177. The third-order valence-corrected chi connectivity index (χ3v) is 4.05. The smallest absolute Gasteiger partial charge is 0.224 e. The van der Waals surface area contributed by atoms with Gasteiger partial charge in [0.1, 0.15) is 18.2 Å². The molecule has 2 aromatic rings. The molecular formula is C14H17BrN4O2. The summed E-state index contributed by atoms with van der Waals surface area (Å²) in [7, 11) is 1.58. The number of aryl methyl sites for hydroxylation is 2. The van der Waals surface area contributed by atoms with Gasteiger partial charge in [0, 0.05) is 17.6 Å². The summed E-state index contributed by atoms with van der Waals surface area (Å²) in [6.45, 7) is 4.30. The molecular weight excluding hydrogens is 336 g/mol. The largest absolute Gasteiger partial charge is 0.439 e. The van der Waals surface area contributed by atoms with Crippen LogP contribution in [-0.4, -0.2) is 17.1 Å². The van der Waals surface area contributed by atoms with Gasteiger partial charge in [-0.05, 0) is 37.1 Å². The van der Waals surface area contributed by atoms with Gasteiger partial charge in [0.25, 0.3) is 0 Å². The number of nitrogens with one attached hydrogen (secondary N) is 1. The maximum absolute atomic E-state index is 5.80. The lowest BCUT2D eigenvalue weighted by Gasteiger charge is -2.11. The van der Waals surface area contributed by atoms with E-state index in [1.807, 2.05) is 26.0 Å². The maximum atomic E-state index is 5.80. The number of aromatic nitrogens is 2. The molecule has 1 aromatic heterocycles. The number of anilines is 1. The Bertz CT molecular complexity index is 626. The highest BCUT2D eigenvalue weighted by molar-refractivity contribution is 9.10. The van der Waals surface area contributed by atoms with Gasteiger partial charge in [-0.25, -0.2) is 10.8 Å². The number of ether oxygens (including phenoxy) is 2. The highest BCUT2D eigenvalue weighted by Gasteiger charge is 2.08. The second-order valence-electron chi connectivity index (χ2n) is 4.56. The third-order valence-electron chi connectivity index (χ3n) is 2.80. The summed E-state index contributed by atoms with van der Waals surface area (Å²) in [5, 5.41) is 0. The first-order chi connectivity index (χ1) is 10.0. The number of hydrogen-bond donors (Lipinski definition) is 2. The van der Waals surface area contributed by atoms with Gasteiger partial charge in [-0.1, -0.05) is 15.9 Å². The van der Waals surface area contributed by atoms with Crippen LogP contribution in [0.15, 0.2) is 22.7 Å². The maximum Gasteiger partial charge on any atom is 0.224 e. The number of hydrogen-bond acceptors (Lipinski definition) is 6. The van der Waals surface area contributed by atoms with Crippen LogP contribution in [0.3, 0.4) is 0 Å². The van der Waals surface area contributed by atoms with E-state index >= 15 is 0 Å². The molecule has 0 aliphatic rings. The molecule has 0 radical (unpaired) electrons. The Hall–Kier alpha value is -1.70. The molecule has 3 N–H and O–H groups in total. The Morgan fingerprint density at radius 2 is 1.86 bits per heavy atom. The molecule has 6 nitrogen and oxygen atoms in total. The molecule has 112 valence electrons. The summed E-state index contributed by atoms with van der Waals surface area (Å²) in [5.41, 5.74) is 4.67. The van der Waals surface area contributed by atoms with E-state index in [9.17, 15) is 0 Å². The van der Waals surface area contributed by atoms with Crippen LogP contribution in [0.1, 0.15) is 17.0 Å². The van der Waals surface area contributed by atoms with E-state index in [-0.39, 0.29) is 6.61 Å². The van der Waals surface area contributed by atoms with Crippen molar-refractivity contribution in [3.63, 3.8) is 0 Å². The van der Waals surface area contributed by atoms with E-state index in [0.29, 0.717) is 23.3 Å². The average Bonchev–Trinajstić information content (AvgIpc) is 2.44. The van der Waals surface area contributed by atoms with Gasteiger partial charge < -0.3 is 14.9 Å². The molecule has 1 heterocycles. The second-order valence-corrected chi connectivity index (χ2v) is 5.35. The predicted octanol–water partition coefficient (Wildman–Crippen LogP) is 3.08. The monoisotopic (exact) mass is 352 g/mol. The molecule has 0 aliphatic carbocycles. The molecule has 0 saturated heterocycles. The van der Waals surface area contributed by atoms with Crippen molar-refractivity contribution in [2.75, 3.05) is 12.5 Å². The Kier molecular flexibility index (Phi) is 5.11. The van der Waals surface area contributed by atoms with Crippen molar-refractivity contribution in [2.45, 2.75) is 20.5 Å². The van der Waals surface area contributed by atoms with Gasteiger partial charge in [0.2, 0.25) is 5.88 Å². The fraction of sp³-hybridized carbons (Fsp3) is 0.286. The van der Waals surface area contributed by atoms with E-state index in [4.69, 9.17) is 15.3 Å². The molecule has 0 aliphatic heterocycles. The number of methoxy groups -OCH3 is 1. The van der Waals surface area contributed by atoms with Crippen LogP contribution >= 0.6 is 15.9 Å². The molecule has 7 heteroatoms. The fourth-order valence-corrected chi connectivity index (χ4v) is 2.11. The zero-order valence-electron chi connectivity index (χ0n) is 12.1. The first-order valence-electron chi connectivity index (χ1n) is 6.31. The Balaban J connectivity index is 2.32. The molecule has 0 amide bonds. The van der Waals surface area contributed by atoms with Gasteiger partial charge in [0.05, 0.1) is 0 Å². The topological polar surface area (TPSA) is 82.3 Å². The number of nitrogens with two attached hydrogens (primary N) is 1. The third kappa shape index (κ3) is 3.90. The second kappa shape index (κ2) is 6.84. The van der Waals surface area contributed by atoms with E-state index in [1.165, 1.54) is 0 Å². The van der Waals surface area contributed by atoms with Gasteiger partial charge in [0.15, 0.2) is 5.82 Å². The SMILES string of the molecule is COCc1nc(NN)cc(Oc2cc(C)c(Br)c(C)c2)n1. The lowest BCUT2D eigenvalue weighted by Crippen LogP contribution is -2.11. The van der Waals surface area contributed by atoms with Crippen LogP contribution in [0.2, 0.25) is 0 Å². The van der Waals surface area contributed by atoms with E-state index in [1.54, 1.807) is 13.2 Å². The minimum absolute atomic E-state index is 0.282. The van der Waals surface area contributed by atoms with Gasteiger partial charge in [-0.2, -0.15) is 4.98 Å². The van der Waals surface area contributed by atoms with Crippen molar-refractivity contribution < 1.29 is 9.47 Å². The number of nitrogens with zero attached hydrogens (tertiary/aromatic N) is 2. The van der Waals surface area contributed by atoms with Crippen molar-refractivity contribution in [3.8, 4) is 11.6 Å². The predicted molar refractivity (Wildman–Crippen MR) is 84.2 cm³/mol. The summed E-state index contributed by atoms with van der Waals surface area (Å²) in [5.74, 6) is 7.48. The zero-order chi connectivity index (χ0) is 15.4. The number of benzene rings is 1. The van der Waals surface area contributed by atoms with Crippen LogP contribution < -0.4 is 16.0 Å². The molecule has 0 fully saturated rings. The molecule has 0 bridgehead atoms. The standard InChI is InChI=1S/C14H17BrN4O2/c1-8-4-10(5-9(2)14(8)15)21-13-6-11(19-16)17-12(18-13)7-20-3/h4-6H,7,16H2,1-3H3,(H,17,18,19). The summed E-state index contributed by atoms with van der Waals surface area (Å²) >= 11 is 3.53. The summed E-state index contributed by atoms with van der Waals surface area (Å²) in [6, 6.07) is 5.50. The number of rotatable bonds is 5. The van der Waals surface area contributed by atoms with Crippen LogP contribution in [0.25, 0.3) is 0 Å². The van der Waals surface area contributed by atoms with Crippen molar-refractivity contribution >= 4 is 21.7 Å². The molecule has 0 unspecified atom stereocenters. The van der Waals surface area contributed by atoms with Crippen LogP contribution in [0, 0.1) is 13.8 Å². The molecule has 0 saturated carbocycles. The Morgan fingerprint density at radius 3 is 2.43 bits per heavy atom.